The monoisotopic (exact) mass is 224 g/mol. The van der Waals surface area contributed by atoms with Crippen LogP contribution in [0.2, 0.25) is 0 Å². The molecule has 0 fully saturated rings. The third-order valence-corrected chi connectivity index (χ3v) is 2.39. The number of aliphatic hydroxyl groups is 1. The molecule has 7 nitrogen and oxygen atoms in total. The number of aliphatic hydroxyl groups excluding tert-OH is 1. The molecule has 0 aromatic carbocycles. The van der Waals surface area contributed by atoms with E-state index in [4.69, 9.17) is 5.11 Å². The van der Waals surface area contributed by atoms with Crippen LogP contribution in [0.15, 0.2) is 15.9 Å². The molecule has 0 aliphatic carbocycles. The Hall–Kier alpha value is -1.89. The van der Waals surface area contributed by atoms with Crippen LogP contribution in [0, 0.1) is 0 Å². The number of fused-ring (bicyclic) bond motifs is 1. The first-order valence-corrected chi connectivity index (χ1v) is 4.90. The van der Waals surface area contributed by atoms with Crippen LogP contribution in [0.25, 0.3) is 11.2 Å². The maximum Gasteiger partial charge on any atom is 0.330 e. The van der Waals surface area contributed by atoms with Gasteiger partial charge in [0.2, 0.25) is 0 Å². The Morgan fingerprint density at radius 3 is 2.94 bits per heavy atom. The van der Waals surface area contributed by atoms with Crippen LogP contribution in [0.4, 0.5) is 0 Å². The average molecular weight is 224 g/mol. The number of nitrogens with zero attached hydrogens (tertiary/aromatic N) is 3. The van der Waals surface area contributed by atoms with Gasteiger partial charge in [0.05, 0.1) is 6.33 Å². The van der Waals surface area contributed by atoms with Gasteiger partial charge in [-0.3, -0.25) is 14.3 Å². The average Bonchev–Trinajstić information content (AvgIpc) is 2.61. The highest BCUT2D eigenvalue weighted by molar-refractivity contribution is 5.69. The van der Waals surface area contributed by atoms with Crippen LogP contribution < -0.4 is 11.2 Å². The van der Waals surface area contributed by atoms with Crippen molar-refractivity contribution in [1.29, 1.82) is 0 Å². The molecule has 0 spiro atoms. The van der Waals surface area contributed by atoms with Gasteiger partial charge < -0.3 is 9.67 Å². The van der Waals surface area contributed by atoms with Crippen molar-refractivity contribution in [2.45, 2.75) is 13.0 Å². The number of imidazole rings is 1. The van der Waals surface area contributed by atoms with Crippen LogP contribution in [0.5, 0.6) is 0 Å². The molecule has 0 amide bonds. The highest BCUT2D eigenvalue weighted by atomic mass is 16.3. The van der Waals surface area contributed by atoms with Crippen molar-refractivity contribution in [2.75, 3.05) is 6.61 Å². The van der Waals surface area contributed by atoms with Crippen LogP contribution in [0.1, 0.15) is 6.42 Å². The number of hydrogen-bond donors (Lipinski definition) is 2. The van der Waals surface area contributed by atoms with E-state index in [0.717, 1.165) is 0 Å². The number of H-pyrrole nitrogens is 1. The van der Waals surface area contributed by atoms with Crippen molar-refractivity contribution in [3.63, 3.8) is 0 Å². The van der Waals surface area contributed by atoms with Gasteiger partial charge in [-0.2, -0.15) is 0 Å². The third-order valence-electron chi connectivity index (χ3n) is 2.39. The Balaban J connectivity index is 2.72. The molecule has 0 radical (unpaired) electrons. The van der Waals surface area contributed by atoms with E-state index >= 15 is 0 Å². The van der Waals surface area contributed by atoms with Crippen molar-refractivity contribution in [2.24, 2.45) is 7.05 Å². The zero-order valence-corrected chi connectivity index (χ0v) is 8.80. The fourth-order valence-electron chi connectivity index (χ4n) is 1.63. The second-order valence-corrected chi connectivity index (χ2v) is 3.52. The quantitative estimate of drug-likeness (QED) is 0.685. The summed E-state index contributed by atoms with van der Waals surface area (Å²) in [4.78, 5) is 29.3. The van der Waals surface area contributed by atoms with Crippen LogP contribution >= 0.6 is 0 Å². The van der Waals surface area contributed by atoms with Crippen molar-refractivity contribution in [1.82, 2.24) is 19.1 Å². The van der Waals surface area contributed by atoms with E-state index in [9.17, 15) is 9.59 Å². The largest absolute Gasteiger partial charge is 0.396 e. The van der Waals surface area contributed by atoms with E-state index in [1.54, 1.807) is 11.6 Å². The van der Waals surface area contributed by atoms with E-state index in [2.05, 4.69) is 9.97 Å². The lowest BCUT2D eigenvalue weighted by atomic mass is 10.4. The summed E-state index contributed by atoms with van der Waals surface area (Å²) >= 11 is 0. The molecule has 16 heavy (non-hydrogen) atoms. The molecule has 2 heterocycles. The van der Waals surface area contributed by atoms with Gasteiger partial charge >= 0.3 is 5.69 Å². The van der Waals surface area contributed by atoms with E-state index in [1.807, 2.05) is 0 Å². The topological polar surface area (TPSA) is 92.9 Å². The second kappa shape index (κ2) is 3.93. The molecule has 0 atom stereocenters. The maximum absolute atomic E-state index is 11.5. The summed E-state index contributed by atoms with van der Waals surface area (Å²) in [7, 11) is 1.69. The number of hydrogen-bond acceptors (Lipinski definition) is 4. The fourth-order valence-corrected chi connectivity index (χ4v) is 1.63. The lowest BCUT2D eigenvalue weighted by Gasteiger charge is -2.04. The smallest absolute Gasteiger partial charge is 0.330 e. The molecule has 0 aliphatic rings. The number of aromatic amines is 1. The fraction of sp³-hybridized carbons (Fsp3) is 0.444. The van der Waals surface area contributed by atoms with E-state index in [-0.39, 0.29) is 6.61 Å². The predicted molar refractivity (Wildman–Crippen MR) is 57.3 cm³/mol. The van der Waals surface area contributed by atoms with Crippen LogP contribution in [-0.4, -0.2) is 30.8 Å². The normalized spacial score (nSPS) is 11.1. The number of nitrogens with one attached hydrogen (secondary N) is 1. The summed E-state index contributed by atoms with van der Waals surface area (Å²) in [6.07, 6.45) is 1.92. The van der Waals surface area contributed by atoms with Gasteiger partial charge in [-0.15, -0.1) is 0 Å². The lowest BCUT2D eigenvalue weighted by molar-refractivity contribution is 0.279. The molecule has 0 saturated heterocycles. The van der Waals surface area contributed by atoms with Crippen molar-refractivity contribution < 1.29 is 5.11 Å². The van der Waals surface area contributed by atoms with Gasteiger partial charge in [0.15, 0.2) is 11.2 Å². The van der Waals surface area contributed by atoms with Gasteiger partial charge in [0.25, 0.3) is 5.56 Å². The summed E-state index contributed by atoms with van der Waals surface area (Å²) in [5.74, 6) is 0. The van der Waals surface area contributed by atoms with Crippen molar-refractivity contribution >= 4 is 11.2 Å². The minimum atomic E-state index is -0.496. The summed E-state index contributed by atoms with van der Waals surface area (Å²) in [5, 5.41) is 8.74. The van der Waals surface area contributed by atoms with Crippen LogP contribution in [0.3, 0.4) is 0 Å². The van der Waals surface area contributed by atoms with Gasteiger partial charge in [0, 0.05) is 20.2 Å². The molecular formula is C9H12N4O3. The first-order valence-electron chi connectivity index (χ1n) is 4.90. The summed E-state index contributed by atoms with van der Waals surface area (Å²) in [5.41, 5.74) is -0.230. The molecule has 0 unspecified atom stereocenters. The van der Waals surface area contributed by atoms with Gasteiger partial charge in [-0.25, -0.2) is 9.78 Å². The molecule has 0 bridgehead atoms. The first kappa shape index (κ1) is 10.6. The third kappa shape index (κ3) is 1.54. The molecule has 2 rings (SSSR count). The highest BCUT2D eigenvalue weighted by Gasteiger charge is 2.10. The van der Waals surface area contributed by atoms with E-state index in [1.165, 1.54) is 10.9 Å². The molecule has 0 saturated carbocycles. The minimum Gasteiger partial charge on any atom is -0.396 e. The Labute approximate surface area is 90.0 Å². The molecule has 2 aromatic heterocycles. The van der Waals surface area contributed by atoms with Gasteiger partial charge in [-0.1, -0.05) is 0 Å². The molecule has 2 aromatic rings. The number of aromatic nitrogens is 4. The van der Waals surface area contributed by atoms with Gasteiger partial charge in [0.1, 0.15) is 0 Å². The molecule has 7 heteroatoms. The molecule has 86 valence electrons. The zero-order valence-electron chi connectivity index (χ0n) is 8.80. The van der Waals surface area contributed by atoms with Crippen molar-refractivity contribution in [3.8, 4) is 0 Å². The highest BCUT2D eigenvalue weighted by Crippen LogP contribution is 2.03. The minimum absolute atomic E-state index is 0.0140. The number of rotatable bonds is 3. The van der Waals surface area contributed by atoms with Gasteiger partial charge in [-0.05, 0) is 6.42 Å². The lowest BCUT2D eigenvalue weighted by Crippen LogP contribution is -2.31. The van der Waals surface area contributed by atoms with E-state index < -0.39 is 11.2 Å². The van der Waals surface area contributed by atoms with Crippen molar-refractivity contribution in [3.05, 3.63) is 27.2 Å². The predicted octanol–water partition coefficient (Wildman–Crippen LogP) is -1.19. The Morgan fingerprint density at radius 2 is 2.25 bits per heavy atom. The van der Waals surface area contributed by atoms with E-state index in [0.29, 0.717) is 24.1 Å². The Bertz CT molecular complexity index is 622. The Kier molecular flexibility index (Phi) is 2.61. The molecule has 0 aliphatic heterocycles. The summed E-state index contributed by atoms with van der Waals surface area (Å²) < 4.78 is 2.91. The molecular weight excluding hydrogens is 212 g/mol. The standard InChI is InChI=1S/C9H12N4O3/c1-12-5-10-7-6(12)8(15)11-9(16)13(7)3-2-4-14/h5,14H,2-4H2,1H3,(H,11,15,16). The number of aryl methyl sites for hydroxylation is 2. The second-order valence-electron chi connectivity index (χ2n) is 3.52. The summed E-state index contributed by atoms with van der Waals surface area (Å²) in [6, 6.07) is 0. The van der Waals surface area contributed by atoms with Crippen LogP contribution in [-0.2, 0) is 13.6 Å². The molecule has 2 N–H and O–H groups in total. The summed E-state index contributed by atoms with van der Waals surface area (Å²) in [6.45, 7) is 0.319. The zero-order chi connectivity index (χ0) is 11.7. The maximum atomic E-state index is 11.5. The Morgan fingerprint density at radius 1 is 1.50 bits per heavy atom. The SMILES string of the molecule is Cn1cnc2c1c(=O)[nH]c(=O)n2CCCO. The first-order chi connectivity index (χ1) is 7.65.